The first-order valence-corrected chi connectivity index (χ1v) is 10.8. The van der Waals surface area contributed by atoms with Crippen molar-refractivity contribution < 1.29 is 13.9 Å². The van der Waals surface area contributed by atoms with Crippen molar-refractivity contribution in [1.82, 2.24) is 14.9 Å². The van der Waals surface area contributed by atoms with E-state index in [0.29, 0.717) is 44.9 Å². The van der Waals surface area contributed by atoms with Crippen LogP contribution in [0.2, 0.25) is 0 Å². The van der Waals surface area contributed by atoms with Gasteiger partial charge in [-0.15, -0.1) is 0 Å². The summed E-state index contributed by atoms with van der Waals surface area (Å²) in [5, 5.41) is 0. The number of morpholine rings is 1. The number of fused-ring (bicyclic) bond motifs is 1. The lowest BCUT2D eigenvalue weighted by Gasteiger charge is -2.34. The summed E-state index contributed by atoms with van der Waals surface area (Å²) < 4.78 is 10.9. The van der Waals surface area contributed by atoms with Gasteiger partial charge in [-0.25, -0.2) is 9.97 Å². The third-order valence-corrected chi connectivity index (χ3v) is 5.86. The zero-order valence-electron chi connectivity index (χ0n) is 17.7. The molecule has 0 saturated carbocycles. The normalized spacial score (nSPS) is 16.3. The van der Waals surface area contributed by atoms with Crippen LogP contribution in [0, 0.1) is 6.92 Å². The Balaban J connectivity index is 1.48. The van der Waals surface area contributed by atoms with Crippen LogP contribution in [-0.2, 0) is 24.1 Å². The zero-order chi connectivity index (χ0) is 21.2. The largest absolute Gasteiger partial charge is 0.459 e. The highest BCUT2D eigenvalue weighted by molar-refractivity contribution is 5.91. The molecule has 1 aromatic carbocycles. The average Bonchev–Trinajstić information content (AvgIpc) is 3.33. The molecule has 0 spiro atoms. The first-order valence-electron chi connectivity index (χ1n) is 10.8. The lowest BCUT2D eigenvalue weighted by Crippen LogP contribution is -2.41. The van der Waals surface area contributed by atoms with E-state index in [1.807, 2.05) is 4.90 Å². The minimum atomic E-state index is -0.0904. The molecule has 1 fully saturated rings. The van der Waals surface area contributed by atoms with E-state index in [2.05, 4.69) is 36.1 Å². The molecule has 0 bridgehead atoms. The first-order chi connectivity index (χ1) is 15.2. The fraction of sp³-hybridized carbons (Fsp3) is 0.375. The second-order valence-corrected chi connectivity index (χ2v) is 8.11. The molecule has 2 aliphatic heterocycles. The summed E-state index contributed by atoms with van der Waals surface area (Å²) in [7, 11) is 0. The van der Waals surface area contributed by atoms with Crippen LogP contribution >= 0.6 is 0 Å². The van der Waals surface area contributed by atoms with Gasteiger partial charge in [-0.1, -0.05) is 29.8 Å². The Hall–Kier alpha value is -3.19. The van der Waals surface area contributed by atoms with E-state index in [1.54, 1.807) is 12.1 Å². The van der Waals surface area contributed by atoms with Crippen LogP contribution in [-0.4, -0.2) is 53.6 Å². The van der Waals surface area contributed by atoms with Crippen molar-refractivity contribution >= 4 is 11.7 Å². The van der Waals surface area contributed by atoms with Gasteiger partial charge in [0.25, 0.3) is 5.91 Å². The number of anilines is 1. The number of carbonyl (C=O) groups excluding carboxylic acids is 1. The Labute approximate surface area is 181 Å². The highest BCUT2D eigenvalue weighted by Crippen LogP contribution is 2.29. The number of nitrogens with zero attached hydrogens (tertiary/aromatic N) is 4. The van der Waals surface area contributed by atoms with Crippen molar-refractivity contribution in [3.05, 3.63) is 76.6 Å². The Morgan fingerprint density at radius 3 is 2.74 bits per heavy atom. The van der Waals surface area contributed by atoms with Crippen molar-refractivity contribution in [2.24, 2.45) is 0 Å². The fourth-order valence-electron chi connectivity index (χ4n) is 4.30. The lowest BCUT2D eigenvalue weighted by atomic mass is 10.0. The Kier molecular flexibility index (Phi) is 5.42. The topological polar surface area (TPSA) is 71.7 Å². The summed E-state index contributed by atoms with van der Waals surface area (Å²) in [6, 6.07) is 11.9. The number of aromatic nitrogens is 2. The minimum absolute atomic E-state index is 0.0904. The van der Waals surface area contributed by atoms with Gasteiger partial charge in [0, 0.05) is 38.0 Å². The Morgan fingerprint density at radius 1 is 1.10 bits per heavy atom. The molecule has 0 radical (unpaired) electrons. The molecule has 2 aliphatic rings. The number of hydrogen-bond acceptors (Lipinski definition) is 6. The maximum absolute atomic E-state index is 12.9. The second kappa shape index (κ2) is 8.51. The van der Waals surface area contributed by atoms with Crippen LogP contribution in [0.1, 0.15) is 38.8 Å². The molecule has 2 aromatic heterocycles. The summed E-state index contributed by atoms with van der Waals surface area (Å²) in [6.45, 7) is 6.16. The maximum atomic E-state index is 12.9. The summed E-state index contributed by atoms with van der Waals surface area (Å²) in [5.74, 6) is 2.05. The predicted molar refractivity (Wildman–Crippen MR) is 116 cm³/mol. The molecule has 0 atom stereocenters. The van der Waals surface area contributed by atoms with Gasteiger partial charge in [0.05, 0.1) is 31.7 Å². The van der Waals surface area contributed by atoms with Gasteiger partial charge >= 0.3 is 0 Å². The third kappa shape index (κ3) is 4.18. The Bertz CT molecular complexity index is 1070. The van der Waals surface area contributed by atoms with Crippen molar-refractivity contribution in [1.29, 1.82) is 0 Å². The molecule has 5 rings (SSSR count). The number of hydrogen-bond donors (Lipinski definition) is 0. The SMILES string of the molecule is Cc1cccc(Cc2nc3c(c(N4CCOCC4)n2)CN(C(=O)c2ccco2)CC3)c1. The van der Waals surface area contributed by atoms with Crippen molar-refractivity contribution in [3.8, 4) is 0 Å². The van der Waals surface area contributed by atoms with Gasteiger partial charge in [-0.05, 0) is 24.6 Å². The number of benzene rings is 1. The molecule has 0 N–H and O–H groups in total. The standard InChI is InChI=1S/C24H26N4O3/c1-17-4-2-5-18(14-17)15-22-25-20-7-8-28(24(29)21-6-3-11-31-21)16-19(20)23(26-22)27-9-12-30-13-10-27/h2-6,11,14H,7-10,12-13,15-16H2,1H3. The van der Waals surface area contributed by atoms with E-state index in [9.17, 15) is 4.79 Å². The molecular formula is C24H26N4O3. The number of carbonyl (C=O) groups is 1. The number of ether oxygens (including phenoxy) is 1. The smallest absolute Gasteiger partial charge is 0.289 e. The van der Waals surface area contributed by atoms with Gasteiger partial charge in [-0.2, -0.15) is 0 Å². The molecule has 31 heavy (non-hydrogen) atoms. The third-order valence-electron chi connectivity index (χ3n) is 5.86. The van der Waals surface area contributed by atoms with Crippen LogP contribution in [0.15, 0.2) is 47.1 Å². The van der Waals surface area contributed by atoms with E-state index >= 15 is 0 Å². The quantitative estimate of drug-likeness (QED) is 0.649. The van der Waals surface area contributed by atoms with E-state index in [4.69, 9.17) is 19.1 Å². The van der Waals surface area contributed by atoms with Crippen LogP contribution in [0.25, 0.3) is 0 Å². The Morgan fingerprint density at radius 2 is 1.97 bits per heavy atom. The molecule has 3 aromatic rings. The fourth-order valence-corrected chi connectivity index (χ4v) is 4.30. The van der Waals surface area contributed by atoms with Crippen LogP contribution in [0.5, 0.6) is 0 Å². The maximum Gasteiger partial charge on any atom is 0.289 e. The van der Waals surface area contributed by atoms with Gasteiger partial charge in [0.2, 0.25) is 0 Å². The zero-order valence-corrected chi connectivity index (χ0v) is 17.7. The van der Waals surface area contributed by atoms with Crippen LogP contribution < -0.4 is 4.90 Å². The summed E-state index contributed by atoms with van der Waals surface area (Å²) in [6.07, 6.45) is 2.94. The summed E-state index contributed by atoms with van der Waals surface area (Å²) in [4.78, 5) is 26.9. The number of rotatable bonds is 4. The number of furan rings is 1. The molecule has 7 nitrogen and oxygen atoms in total. The van der Waals surface area contributed by atoms with Gasteiger partial charge in [-0.3, -0.25) is 4.79 Å². The number of aryl methyl sites for hydroxylation is 1. The average molecular weight is 418 g/mol. The summed E-state index contributed by atoms with van der Waals surface area (Å²) in [5.41, 5.74) is 4.53. The second-order valence-electron chi connectivity index (χ2n) is 8.11. The molecule has 4 heterocycles. The predicted octanol–water partition coefficient (Wildman–Crippen LogP) is 3.00. The van der Waals surface area contributed by atoms with Crippen LogP contribution in [0.4, 0.5) is 5.82 Å². The molecule has 1 saturated heterocycles. The van der Waals surface area contributed by atoms with E-state index in [-0.39, 0.29) is 5.91 Å². The first kappa shape index (κ1) is 19.8. The molecule has 160 valence electrons. The van der Waals surface area contributed by atoms with E-state index in [1.165, 1.54) is 17.4 Å². The highest BCUT2D eigenvalue weighted by Gasteiger charge is 2.29. The van der Waals surface area contributed by atoms with Gasteiger partial charge in [0.1, 0.15) is 11.6 Å². The van der Waals surface area contributed by atoms with Crippen molar-refractivity contribution in [2.75, 3.05) is 37.7 Å². The lowest BCUT2D eigenvalue weighted by molar-refractivity contribution is 0.0700. The van der Waals surface area contributed by atoms with E-state index < -0.39 is 0 Å². The molecule has 7 heteroatoms. The van der Waals surface area contributed by atoms with Gasteiger partial charge < -0.3 is 19.0 Å². The van der Waals surface area contributed by atoms with Crippen molar-refractivity contribution in [2.45, 2.75) is 26.3 Å². The highest BCUT2D eigenvalue weighted by atomic mass is 16.5. The van der Waals surface area contributed by atoms with E-state index in [0.717, 1.165) is 36.0 Å². The monoisotopic (exact) mass is 418 g/mol. The van der Waals surface area contributed by atoms with Crippen molar-refractivity contribution in [3.63, 3.8) is 0 Å². The molecule has 0 unspecified atom stereocenters. The van der Waals surface area contributed by atoms with Crippen LogP contribution in [0.3, 0.4) is 0 Å². The minimum Gasteiger partial charge on any atom is -0.459 e. The number of amides is 1. The molecule has 1 amide bonds. The van der Waals surface area contributed by atoms with Gasteiger partial charge in [0.15, 0.2) is 5.76 Å². The molecular weight excluding hydrogens is 392 g/mol. The summed E-state index contributed by atoms with van der Waals surface area (Å²) >= 11 is 0. The molecule has 0 aliphatic carbocycles.